The van der Waals surface area contributed by atoms with E-state index in [0.717, 1.165) is 29.7 Å². The lowest BCUT2D eigenvalue weighted by atomic mass is 9.96. The summed E-state index contributed by atoms with van der Waals surface area (Å²) in [5.41, 5.74) is 3.06. The van der Waals surface area contributed by atoms with Gasteiger partial charge in [-0.25, -0.2) is 4.79 Å². The molecule has 0 radical (unpaired) electrons. The van der Waals surface area contributed by atoms with Crippen LogP contribution in [0.4, 0.5) is 10.5 Å². The normalized spacial score (nSPS) is 17.9. The van der Waals surface area contributed by atoms with E-state index in [9.17, 15) is 9.59 Å². The van der Waals surface area contributed by atoms with Gasteiger partial charge in [0.05, 0.1) is 12.0 Å². The van der Waals surface area contributed by atoms with Gasteiger partial charge >= 0.3 is 6.03 Å². The first-order chi connectivity index (χ1) is 13.0. The molecule has 1 aliphatic rings. The summed E-state index contributed by atoms with van der Waals surface area (Å²) in [5.74, 6) is -0.158. The van der Waals surface area contributed by atoms with Crippen LogP contribution in [-0.4, -0.2) is 29.9 Å². The van der Waals surface area contributed by atoms with E-state index in [4.69, 9.17) is 0 Å². The van der Waals surface area contributed by atoms with Crippen molar-refractivity contribution in [1.82, 2.24) is 10.2 Å². The van der Waals surface area contributed by atoms with Crippen molar-refractivity contribution in [1.29, 1.82) is 0 Å². The highest BCUT2D eigenvalue weighted by Crippen LogP contribution is 2.21. The molecule has 1 heterocycles. The van der Waals surface area contributed by atoms with Crippen molar-refractivity contribution >= 4 is 17.6 Å². The second kappa shape index (κ2) is 8.71. The Morgan fingerprint density at radius 1 is 1.07 bits per heavy atom. The first-order valence-electron chi connectivity index (χ1n) is 9.51. The molecule has 3 amide bonds. The lowest BCUT2D eigenvalue weighted by Crippen LogP contribution is -2.47. The Bertz CT molecular complexity index is 791. The quantitative estimate of drug-likeness (QED) is 0.856. The topological polar surface area (TPSA) is 61.4 Å². The van der Waals surface area contributed by atoms with Crippen LogP contribution in [0.2, 0.25) is 0 Å². The molecule has 0 aliphatic carbocycles. The minimum absolute atomic E-state index is 0.0166. The summed E-state index contributed by atoms with van der Waals surface area (Å²) >= 11 is 0. The average Bonchev–Trinajstić information content (AvgIpc) is 2.69. The standard InChI is InChI=1S/C22H27N3O2/c1-16-9-6-7-13-20(16)17(2)23-21(26)18-10-8-14-25(15-18)22(27)24-19-11-4-3-5-12-19/h3-7,9,11-13,17-18H,8,10,14-15H2,1-2H3,(H,23,26)(H,24,27). The molecule has 0 saturated carbocycles. The van der Waals surface area contributed by atoms with E-state index >= 15 is 0 Å². The van der Waals surface area contributed by atoms with Gasteiger partial charge < -0.3 is 15.5 Å². The molecule has 1 saturated heterocycles. The zero-order valence-corrected chi connectivity index (χ0v) is 15.9. The summed E-state index contributed by atoms with van der Waals surface area (Å²) in [4.78, 5) is 27.0. The minimum Gasteiger partial charge on any atom is -0.349 e. The van der Waals surface area contributed by atoms with Crippen LogP contribution in [0.15, 0.2) is 54.6 Å². The van der Waals surface area contributed by atoms with Crippen LogP contribution in [0.3, 0.4) is 0 Å². The van der Waals surface area contributed by atoms with E-state index in [2.05, 4.69) is 10.6 Å². The number of nitrogens with zero attached hydrogens (tertiary/aromatic N) is 1. The number of hydrogen-bond acceptors (Lipinski definition) is 2. The number of carbonyl (C=O) groups excluding carboxylic acids is 2. The van der Waals surface area contributed by atoms with Crippen LogP contribution >= 0.6 is 0 Å². The Balaban J connectivity index is 1.58. The van der Waals surface area contributed by atoms with Gasteiger partial charge in [-0.2, -0.15) is 0 Å². The van der Waals surface area contributed by atoms with Crippen molar-refractivity contribution < 1.29 is 9.59 Å². The molecule has 2 unspecified atom stereocenters. The van der Waals surface area contributed by atoms with Gasteiger partial charge in [0.15, 0.2) is 0 Å². The molecule has 3 rings (SSSR count). The maximum atomic E-state index is 12.8. The number of hydrogen-bond donors (Lipinski definition) is 2. The predicted molar refractivity (Wildman–Crippen MR) is 107 cm³/mol. The molecule has 0 spiro atoms. The van der Waals surface area contributed by atoms with E-state index in [1.54, 1.807) is 4.90 Å². The maximum Gasteiger partial charge on any atom is 0.321 e. The van der Waals surface area contributed by atoms with Crippen LogP contribution in [0.5, 0.6) is 0 Å². The maximum absolute atomic E-state index is 12.8. The van der Waals surface area contributed by atoms with Gasteiger partial charge in [0.25, 0.3) is 0 Å². The smallest absolute Gasteiger partial charge is 0.321 e. The second-order valence-corrected chi connectivity index (χ2v) is 7.17. The summed E-state index contributed by atoms with van der Waals surface area (Å²) in [6, 6.07) is 17.3. The zero-order chi connectivity index (χ0) is 19.2. The molecule has 2 N–H and O–H groups in total. The van der Waals surface area contributed by atoms with Gasteiger partial charge in [0.1, 0.15) is 0 Å². The molecule has 27 heavy (non-hydrogen) atoms. The molecule has 2 aromatic rings. The van der Waals surface area contributed by atoms with E-state index in [-0.39, 0.29) is 23.9 Å². The van der Waals surface area contributed by atoms with Crippen molar-refractivity contribution in [3.8, 4) is 0 Å². The summed E-state index contributed by atoms with van der Waals surface area (Å²) in [6.45, 7) is 5.18. The van der Waals surface area contributed by atoms with Gasteiger partial charge in [-0.05, 0) is 49.9 Å². The van der Waals surface area contributed by atoms with Crippen LogP contribution in [0, 0.1) is 12.8 Å². The first kappa shape index (κ1) is 19.0. The van der Waals surface area contributed by atoms with Crippen LogP contribution in [-0.2, 0) is 4.79 Å². The van der Waals surface area contributed by atoms with Crippen LogP contribution in [0.25, 0.3) is 0 Å². The van der Waals surface area contributed by atoms with Crippen molar-refractivity contribution in [2.75, 3.05) is 18.4 Å². The van der Waals surface area contributed by atoms with E-state index in [1.807, 2.05) is 68.4 Å². The number of urea groups is 1. The number of anilines is 1. The number of aryl methyl sites for hydroxylation is 1. The Morgan fingerprint density at radius 3 is 2.52 bits per heavy atom. The number of rotatable bonds is 4. The largest absolute Gasteiger partial charge is 0.349 e. The second-order valence-electron chi connectivity index (χ2n) is 7.17. The van der Waals surface area contributed by atoms with Crippen molar-refractivity contribution in [3.05, 3.63) is 65.7 Å². The number of nitrogens with one attached hydrogen (secondary N) is 2. The number of amides is 3. The monoisotopic (exact) mass is 365 g/mol. The predicted octanol–water partition coefficient (Wildman–Crippen LogP) is 4.12. The SMILES string of the molecule is Cc1ccccc1C(C)NC(=O)C1CCCN(C(=O)Nc2ccccc2)C1. The molecule has 1 fully saturated rings. The Morgan fingerprint density at radius 2 is 1.78 bits per heavy atom. The molecule has 5 nitrogen and oxygen atoms in total. The Hall–Kier alpha value is -2.82. The molecule has 1 aliphatic heterocycles. The van der Waals surface area contributed by atoms with Crippen molar-refractivity contribution in [2.24, 2.45) is 5.92 Å². The average molecular weight is 365 g/mol. The van der Waals surface area contributed by atoms with Gasteiger partial charge in [-0.15, -0.1) is 0 Å². The number of likely N-dealkylation sites (tertiary alicyclic amines) is 1. The number of benzene rings is 2. The van der Waals surface area contributed by atoms with Crippen molar-refractivity contribution in [2.45, 2.75) is 32.7 Å². The molecular weight excluding hydrogens is 338 g/mol. The number of piperidine rings is 1. The third kappa shape index (κ3) is 4.88. The Labute approximate surface area is 160 Å². The molecule has 0 aromatic heterocycles. The van der Waals surface area contributed by atoms with Gasteiger partial charge in [-0.3, -0.25) is 4.79 Å². The lowest BCUT2D eigenvalue weighted by molar-refractivity contribution is -0.126. The highest BCUT2D eigenvalue weighted by Gasteiger charge is 2.29. The molecule has 5 heteroatoms. The fourth-order valence-electron chi connectivity index (χ4n) is 3.58. The molecule has 2 aromatic carbocycles. The lowest BCUT2D eigenvalue weighted by Gasteiger charge is -2.32. The minimum atomic E-state index is -0.174. The highest BCUT2D eigenvalue weighted by atomic mass is 16.2. The Kier molecular flexibility index (Phi) is 6.12. The fourth-order valence-corrected chi connectivity index (χ4v) is 3.58. The molecule has 142 valence electrons. The van der Waals surface area contributed by atoms with E-state index < -0.39 is 0 Å². The highest BCUT2D eigenvalue weighted by molar-refractivity contribution is 5.90. The molecule has 0 bridgehead atoms. The summed E-state index contributed by atoms with van der Waals surface area (Å²) in [7, 11) is 0. The number of para-hydroxylation sites is 1. The molecular formula is C22H27N3O2. The van der Waals surface area contributed by atoms with Gasteiger partial charge in [0, 0.05) is 18.8 Å². The van der Waals surface area contributed by atoms with Gasteiger partial charge in [0.2, 0.25) is 5.91 Å². The van der Waals surface area contributed by atoms with Gasteiger partial charge in [-0.1, -0.05) is 42.5 Å². The van der Waals surface area contributed by atoms with Crippen LogP contribution < -0.4 is 10.6 Å². The summed E-state index contributed by atoms with van der Waals surface area (Å²) in [5, 5.41) is 6.02. The van der Waals surface area contributed by atoms with E-state index in [1.165, 1.54) is 0 Å². The zero-order valence-electron chi connectivity index (χ0n) is 15.9. The van der Waals surface area contributed by atoms with Crippen molar-refractivity contribution in [3.63, 3.8) is 0 Å². The van der Waals surface area contributed by atoms with E-state index in [0.29, 0.717) is 13.1 Å². The molecule has 2 atom stereocenters. The third-order valence-electron chi connectivity index (χ3n) is 5.12. The fraction of sp³-hybridized carbons (Fsp3) is 0.364. The first-order valence-corrected chi connectivity index (χ1v) is 9.51. The van der Waals surface area contributed by atoms with Crippen LogP contribution in [0.1, 0.15) is 36.9 Å². The number of carbonyl (C=O) groups is 2. The summed E-state index contributed by atoms with van der Waals surface area (Å²) < 4.78 is 0. The summed E-state index contributed by atoms with van der Waals surface area (Å²) in [6.07, 6.45) is 1.64. The third-order valence-corrected chi connectivity index (χ3v) is 5.12.